The second-order valence-corrected chi connectivity index (χ2v) is 7.44. The first-order valence-electron chi connectivity index (χ1n) is 10.8. The van der Waals surface area contributed by atoms with Gasteiger partial charge in [0.25, 0.3) is 0 Å². The van der Waals surface area contributed by atoms with Gasteiger partial charge in [0.05, 0.1) is 11.1 Å². The summed E-state index contributed by atoms with van der Waals surface area (Å²) in [5.41, 5.74) is 3.24. The topological polar surface area (TPSA) is 0 Å². The Morgan fingerprint density at radius 1 is 0.515 bits per heavy atom. The van der Waals surface area contributed by atoms with E-state index in [9.17, 15) is 26.3 Å². The maximum absolute atomic E-state index is 12.1. The lowest BCUT2D eigenvalue weighted by Crippen LogP contribution is -2.04. The number of rotatable bonds is 3. The van der Waals surface area contributed by atoms with Gasteiger partial charge in [-0.15, -0.1) is 0 Å². The third-order valence-electron chi connectivity index (χ3n) is 4.88. The van der Waals surface area contributed by atoms with Gasteiger partial charge >= 0.3 is 12.4 Å². The molecule has 180 valence electrons. The van der Waals surface area contributed by atoms with Crippen molar-refractivity contribution in [2.45, 2.75) is 59.3 Å². The molecule has 0 atom stereocenters. The van der Waals surface area contributed by atoms with Crippen LogP contribution in [0, 0.1) is 6.92 Å². The molecule has 0 aliphatic carbocycles. The van der Waals surface area contributed by atoms with Crippen LogP contribution in [0.4, 0.5) is 26.3 Å². The maximum atomic E-state index is 12.1. The van der Waals surface area contributed by atoms with Gasteiger partial charge in [-0.25, -0.2) is 0 Å². The Balaban J connectivity index is 0.000000250. The van der Waals surface area contributed by atoms with Crippen molar-refractivity contribution in [3.63, 3.8) is 0 Å². The number of hydrogen-bond donors (Lipinski definition) is 0. The van der Waals surface area contributed by atoms with Gasteiger partial charge in [0, 0.05) is 0 Å². The van der Waals surface area contributed by atoms with Crippen LogP contribution in [0.15, 0.2) is 72.8 Å². The molecule has 0 nitrogen and oxygen atoms in total. The first-order chi connectivity index (χ1) is 15.4. The predicted molar refractivity (Wildman–Crippen MR) is 122 cm³/mol. The Labute approximate surface area is 192 Å². The Kier molecular flexibility index (Phi) is 11.2. The van der Waals surface area contributed by atoms with Gasteiger partial charge < -0.3 is 0 Å². The number of halogens is 6. The van der Waals surface area contributed by atoms with Crippen molar-refractivity contribution in [1.29, 1.82) is 0 Å². The Morgan fingerprint density at radius 2 is 0.939 bits per heavy atom. The monoisotopic (exact) mass is 468 g/mol. The van der Waals surface area contributed by atoms with E-state index in [0.717, 1.165) is 36.6 Å². The average Bonchev–Trinajstić information content (AvgIpc) is 2.79. The molecule has 3 aromatic carbocycles. The lowest BCUT2D eigenvalue weighted by atomic mass is 10.1. The van der Waals surface area contributed by atoms with Crippen LogP contribution in [0.5, 0.6) is 0 Å². The summed E-state index contributed by atoms with van der Waals surface area (Å²) < 4.78 is 72.4. The van der Waals surface area contributed by atoms with E-state index in [0.29, 0.717) is 12.0 Å². The summed E-state index contributed by atoms with van der Waals surface area (Å²) in [5.74, 6) is 0. The minimum atomic E-state index is -4.22. The molecule has 33 heavy (non-hydrogen) atoms. The second-order valence-electron chi connectivity index (χ2n) is 7.44. The van der Waals surface area contributed by atoms with Crippen LogP contribution < -0.4 is 0 Å². The normalized spacial score (nSPS) is 11.1. The summed E-state index contributed by atoms with van der Waals surface area (Å²) in [6.07, 6.45) is -5.90. The minimum Gasteiger partial charge on any atom is -0.166 e. The number of benzene rings is 3. The molecule has 3 rings (SSSR count). The van der Waals surface area contributed by atoms with Crippen LogP contribution in [-0.2, 0) is 31.6 Å². The molecule has 0 heterocycles. The molecule has 0 N–H and O–H groups in total. The van der Waals surface area contributed by atoms with Gasteiger partial charge in [0.2, 0.25) is 0 Å². The van der Waals surface area contributed by atoms with Crippen molar-refractivity contribution in [2.75, 3.05) is 0 Å². The van der Waals surface area contributed by atoms with E-state index in [1.165, 1.54) is 35.4 Å². The molecule has 0 saturated heterocycles. The molecular weight excluding hydrogens is 438 g/mol. The van der Waals surface area contributed by atoms with Gasteiger partial charge in [0.1, 0.15) is 0 Å². The zero-order valence-electron chi connectivity index (χ0n) is 19.3. The fraction of sp³-hybridized carbons (Fsp3) is 0.333. The van der Waals surface area contributed by atoms with Gasteiger partial charge in [-0.2, -0.15) is 26.3 Å². The fourth-order valence-electron chi connectivity index (χ4n) is 2.72. The third kappa shape index (κ3) is 10.6. The molecule has 0 radical (unpaired) electrons. The summed E-state index contributed by atoms with van der Waals surface area (Å²) in [7, 11) is 0. The molecular formula is C27H30F6. The summed E-state index contributed by atoms with van der Waals surface area (Å²) >= 11 is 0. The highest BCUT2D eigenvalue weighted by atomic mass is 19.4. The van der Waals surface area contributed by atoms with E-state index >= 15 is 0 Å². The van der Waals surface area contributed by atoms with Crippen LogP contribution in [-0.4, -0.2) is 0 Å². The highest BCUT2D eigenvalue weighted by Gasteiger charge is 2.30. The largest absolute Gasteiger partial charge is 0.416 e. The molecule has 0 aliphatic rings. The Hall–Kier alpha value is -2.76. The summed E-state index contributed by atoms with van der Waals surface area (Å²) in [6, 6.07) is 19.3. The van der Waals surface area contributed by atoms with Crippen molar-refractivity contribution >= 4 is 0 Å². The zero-order valence-corrected chi connectivity index (χ0v) is 19.3. The summed E-state index contributed by atoms with van der Waals surface area (Å²) in [6.45, 7) is 8.02. The van der Waals surface area contributed by atoms with Crippen LogP contribution in [0.25, 0.3) is 0 Å². The van der Waals surface area contributed by atoms with E-state index in [2.05, 4.69) is 38.1 Å². The molecule has 0 aliphatic heterocycles. The summed E-state index contributed by atoms with van der Waals surface area (Å²) in [5, 5.41) is 0. The van der Waals surface area contributed by atoms with E-state index in [-0.39, 0.29) is 0 Å². The smallest absolute Gasteiger partial charge is 0.166 e. The van der Waals surface area contributed by atoms with Crippen molar-refractivity contribution in [3.8, 4) is 0 Å². The fourth-order valence-corrected chi connectivity index (χ4v) is 2.72. The zero-order chi connectivity index (χ0) is 25.1. The highest BCUT2D eigenvalue weighted by molar-refractivity contribution is 5.26. The number of hydrogen-bond acceptors (Lipinski definition) is 0. The second kappa shape index (κ2) is 13.1. The molecule has 0 amide bonds. The molecule has 0 unspecified atom stereocenters. The van der Waals surface area contributed by atoms with Gasteiger partial charge in [-0.05, 0) is 61.1 Å². The van der Waals surface area contributed by atoms with E-state index in [1.54, 1.807) is 6.07 Å². The van der Waals surface area contributed by atoms with Crippen LogP contribution in [0.1, 0.15) is 54.2 Å². The molecule has 0 spiro atoms. The van der Waals surface area contributed by atoms with Crippen molar-refractivity contribution in [3.05, 3.63) is 106 Å². The van der Waals surface area contributed by atoms with Crippen LogP contribution >= 0.6 is 0 Å². The van der Waals surface area contributed by atoms with Gasteiger partial charge in [-0.1, -0.05) is 80.9 Å². The van der Waals surface area contributed by atoms with Crippen LogP contribution in [0.2, 0.25) is 0 Å². The minimum absolute atomic E-state index is 0.568. The highest BCUT2D eigenvalue weighted by Crippen LogP contribution is 2.30. The first kappa shape index (κ1) is 28.3. The maximum Gasteiger partial charge on any atom is 0.416 e. The molecule has 6 heteroatoms. The number of aryl methyl sites for hydroxylation is 4. The first-order valence-corrected chi connectivity index (χ1v) is 10.8. The quantitative estimate of drug-likeness (QED) is 0.336. The lowest BCUT2D eigenvalue weighted by Gasteiger charge is -2.06. The standard InChI is InChI=1S/2C9H9F3.C9H12/c1-2-7-3-5-8(6-4-7)9(10,11)12;1-2-7-4-3-5-8(6-7)9(10,11)12;1-3-9-6-4-8(2)5-7-9/h2*3-6H,2H2,1H3;4-7H,3H2,1-2H3. The van der Waals surface area contributed by atoms with Crippen molar-refractivity contribution in [2.24, 2.45) is 0 Å². The van der Waals surface area contributed by atoms with Crippen molar-refractivity contribution in [1.82, 2.24) is 0 Å². The van der Waals surface area contributed by atoms with E-state index in [1.807, 2.05) is 13.8 Å². The predicted octanol–water partition coefficient (Wildman–Crippen LogP) is 9.09. The lowest BCUT2D eigenvalue weighted by molar-refractivity contribution is -0.138. The van der Waals surface area contributed by atoms with Crippen LogP contribution in [0.3, 0.4) is 0 Å². The Bertz CT molecular complexity index is 936. The van der Waals surface area contributed by atoms with E-state index < -0.39 is 23.5 Å². The van der Waals surface area contributed by atoms with Crippen molar-refractivity contribution < 1.29 is 26.3 Å². The molecule has 0 fully saturated rings. The van der Waals surface area contributed by atoms with Gasteiger partial charge in [0.15, 0.2) is 0 Å². The Morgan fingerprint density at radius 3 is 1.33 bits per heavy atom. The molecule has 0 bridgehead atoms. The third-order valence-corrected chi connectivity index (χ3v) is 4.88. The summed E-state index contributed by atoms with van der Waals surface area (Å²) in [4.78, 5) is 0. The van der Waals surface area contributed by atoms with Gasteiger partial charge in [-0.3, -0.25) is 0 Å². The SMILES string of the molecule is CCc1ccc(C(F)(F)F)cc1.CCc1ccc(C)cc1.CCc1cccc(C(F)(F)F)c1. The molecule has 0 aromatic heterocycles. The average molecular weight is 469 g/mol. The number of alkyl halides is 6. The molecule has 0 saturated carbocycles. The molecule has 3 aromatic rings. The van der Waals surface area contributed by atoms with E-state index in [4.69, 9.17) is 0 Å².